The molecule has 2 aliphatic carbocycles. The number of rotatable bonds is 0. The van der Waals surface area contributed by atoms with Gasteiger partial charge in [0.15, 0.2) is 5.78 Å². The molecule has 0 amide bonds. The number of ketones is 1. The van der Waals surface area contributed by atoms with Gasteiger partial charge in [0.1, 0.15) is 11.9 Å². The molecule has 0 spiro atoms. The molecule has 0 radical (unpaired) electrons. The first-order chi connectivity index (χ1) is 8.36. The van der Waals surface area contributed by atoms with Gasteiger partial charge in [-0.15, -0.1) is 0 Å². The lowest BCUT2D eigenvalue weighted by atomic mass is 9.84. The third-order valence-corrected chi connectivity index (χ3v) is 4.01. The van der Waals surface area contributed by atoms with Crippen LogP contribution < -0.4 is 0 Å². The van der Waals surface area contributed by atoms with E-state index in [1.54, 1.807) is 0 Å². The Morgan fingerprint density at radius 2 is 2.12 bits per heavy atom. The minimum atomic E-state index is -0.0464. The van der Waals surface area contributed by atoms with Gasteiger partial charge in [-0.2, -0.15) is 0 Å². The van der Waals surface area contributed by atoms with E-state index in [1.165, 1.54) is 0 Å². The highest BCUT2D eigenvalue weighted by molar-refractivity contribution is 6.03. The molecule has 0 N–H and O–H groups in total. The van der Waals surface area contributed by atoms with Gasteiger partial charge in [-0.1, -0.05) is 36.4 Å². The monoisotopic (exact) mass is 224 g/mol. The number of Topliss-reactive ketones (excluding diaryl/α,β-unsaturated/α-hetero) is 1. The van der Waals surface area contributed by atoms with Crippen LogP contribution >= 0.6 is 0 Å². The van der Waals surface area contributed by atoms with E-state index in [4.69, 9.17) is 4.74 Å². The normalized spacial score (nSPS) is 32.6. The van der Waals surface area contributed by atoms with E-state index in [0.717, 1.165) is 23.3 Å². The summed E-state index contributed by atoms with van der Waals surface area (Å²) in [5.74, 6) is 1.51. The Bertz CT molecular complexity index is 568. The van der Waals surface area contributed by atoms with Crippen LogP contribution in [-0.4, -0.2) is 5.78 Å². The van der Waals surface area contributed by atoms with Crippen molar-refractivity contribution in [3.63, 3.8) is 0 Å². The Kier molecular flexibility index (Phi) is 1.68. The smallest absolute Gasteiger partial charge is 0.171 e. The molecule has 1 saturated heterocycles. The van der Waals surface area contributed by atoms with Crippen LogP contribution in [0.25, 0.3) is 0 Å². The summed E-state index contributed by atoms with van der Waals surface area (Å²) in [6.45, 7) is 0. The largest absolute Gasteiger partial charge is 0.489 e. The van der Waals surface area contributed by atoms with Gasteiger partial charge in [-0.25, -0.2) is 0 Å². The van der Waals surface area contributed by atoms with Crippen LogP contribution in [0.4, 0.5) is 0 Å². The zero-order valence-corrected chi connectivity index (χ0v) is 9.30. The molecular formula is C15H12O2. The van der Waals surface area contributed by atoms with Gasteiger partial charge in [-0.3, -0.25) is 4.79 Å². The van der Waals surface area contributed by atoms with E-state index in [1.807, 2.05) is 36.4 Å². The molecular weight excluding hydrogens is 212 g/mol. The topological polar surface area (TPSA) is 26.3 Å². The number of carbonyl (C=O) groups is 1. The first kappa shape index (κ1) is 9.23. The second kappa shape index (κ2) is 3.10. The summed E-state index contributed by atoms with van der Waals surface area (Å²) in [4.78, 5) is 12.4. The molecule has 0 saturated carbocycles. The van der Waals surface area contributed by atoms with E-state index in [-0.39, 0.29) is 23.7 Å². The van der Waals surface area contributed by atoms with Crippen LogP contribution in [0, 0.1) is 11.8 Å². The Labute approximate surface area is 99.6 Å². The van der Waals surface area contributed by atoms with Crippen molar-refractivity contribution >= 4 is 5.78 Å². The number of carbonyl (C=O) groups excluding carboxylic acids is 1. The summed E-state index contributed by atoms with van der Waals surface area (Å²) >= 11 is 0. The average Bonchev–Trinajstić information content (AvgIpc) is 2.88. The van der Waals surface area contributed by atoms with E-state index in [0.29, 0.717) is 0 Å². The molecule has 0 bridgehead atoms. The Balaban J connectivity index is 1.86. The molecule has 1 aliphatic heterocycles. The van der Waals surface area contributed by atoms with Crippen molar-refractivity contribution in [1.29, 1.82) is 0 Å². The zero-order valence-electron chi connectivity index (χ0n) is 9.30. The van der Waals surface area contributed by atoms with E-state index in [9.17, 15) is 4.79 Å². The number of fused-ring (bicyclic) bond motifs is 5. The standard InChI is InChI=1S/C15H12O2/c16-14-9-5-1-2-6-10(9)15-13(14)11-7-3-4-8-12(11)17-15/h1-6,8,11,13,15H,7H2. The minimum absolute atomic E-state index is 0.00333. The van der Waals surface area contributed by atoms with Crippen molar-refractivity contribution in [2.24, 2.45) is 11.8 Å². The van der Waals surface area contributed by atoms with Crippen molar-refractivity contribution < 1.29 is 9.53 Å². The molecule has 2 heteroatoms. The van der Waals surface area contributed by atoms with Crippen molar-refractivity contribution in [2.45, 2.75) is 12.5 Å². The number of ether oxygens (including phenoxy) is 1. The highest BCUT2D eigenvalue weighted by atomic mass is 16.5. The van der Waals surface area contributed by atoms with E-state index in [2.05, 4.69) is 6.08 Å². The fraction of sp³-hybridized carbons (Fsp3) is 0.267. The van der Waals surface area contributed by atoms with Crippen LogP contribution in [0.2, 0.25) is 0 Å². The maximum Gasteiger partial charge on any atom is 0.171 e. The van der Waals surface area contributed by atoms with Crippen LogP contribution in [0.5, 0.6) is 0 Å². The Morgan fingerprint density at radius 3 is 3.06 bits per heavy atom. The average molecular weight is 224 g/mol. The molecule has 2 nitrogen and oxygen atoms in total. The second-order valence-electron chi connectivity index (χ2n) is 4.86. The minimum Gasteiger partial charge on any atom is -0.489 e. The number of benzene rings is 1. The fourth-order valence-electron chi connectivity index (χ4n) is 3.24. The van der Waals surface area contributed by atoms with Gasteiger partial charge in [0.05, 0.1) is 5.92 Å². The summed E-state index contributed by atoms with van der Waals surface area (Å²) in [6, 6.07) is 7.84. The second-order valence-corrected chi connectivity index (χ2v) is 4.86. The lowest BCUT2D eigenvalue weighted by Gasteiger charge is -2.14. The Hall–Kier alpha value is -1.83. The first-order valence-electron chi connectivity index (χ1n) is 6.03. The predicted octanol–water partition coefficient (Wildman–Crippen LogP) is 3.03. The molecule has 84 valence electrons. The van der Waals surface area contributed by atoms with Crippen LogP contribution in [0.3, 0.4) is 0 Å². The summed E-state index contributed by atoms with van der Waals surface area (Å²) in [6.07, 6.45) is 7.02. The quantitative estimate of drug-likeness (QED) is 0.677. The first-order valence-corrected chi connectivity index (χ1v) is 6.03. The van der Waals surface area contributed by atoms with E-state index >= 15 is 0 Å². The molecule has 0 aromatic heterocycles. The lowest BCUT2D eigenvalue weighted by molar-refractivity contribution is 0.0838. The van der Waals surface area contributed by atoms with Gasteiger partial charge in [0, 0.05) is 17.0 Å². The van der Waals surface area contributed by atoms with Gasteiger partial charge < -0.3 is 4.74 Å². The number of hydrogen-bond acceptors (Lipinski definition) is 2. The number of allylic oxidation sites excluding steroid dienone is 4. The van der Waals surface area contributed by atoms with Crippen LogP contribution in [-0.2, 0) is 4.74 Å². The number of hydrogen-bond donors (Lipinski definition) is 0. The van der Waals surface area contributed by atoms with Gasteiger partial charge in [-0.05, 0) is 12.5 Å². The zero-order chi connectivity index (χ0) is 11.4. The van der Waals surface area contributed by atoms with Gasteiger partial charge in [0.25, 0.3) is 0 Å². The lowest BCUT2D eigenvalue weighted by Crippen LogP contribution is -2.18. The summed E-state index contributed by atoms with van der Waals surface area (Å²) in [5, 5.41) is 0. The highest BCUT2D eigenvalue weighted by Gasteiger charge is 2.52. The summed E-state index contributed by atoms with van der Waals surface area (Å²) in [7, 11) is 0. The molecule has 17 heavy (non-hydrogen) atoms. The fourth-order valence-corrected chi connectivity index (χ4v) is 3.24. The van der Waals surface area contributed by atoms with E-state index < -0.39 is 0 Å². The third-order valence-electron chi connectivity index (χ3n) is 4.01. The third kappa shape index (κ3) is 1.08. The van der Waals surface area contributed by atoms with Gasteiger partial charge >= 0.3 is 0 Å². The highest BCUT2D eigenvalue weighted by Crippen LogP contribution is 2.53. The van der Waals surface area contributed by atoms with Crippen molar-refractivity contribution in [3.05, 3.63) is 59.4 Å². The summed E-state index contributed by atoms with van der Waals surface area (Å²) in [5.41, 5.74) is 1.92. The molecule has 1 aromatic rings. The molecule has 3 unspecified atom stereocenters. The maximum absolute atomic E-state index is 12.4. The van der Waals surface area contributed by atoms with Crippen LogP contribution in [0.15, 0.2) is 48.3 Å². The molecule has 1 heterocycles. The molecule has 4 rings (SSSR count). The van der Waals surface area contributed by atoms with Crippen LogP contribution in [0.1, 0.15) is 28.4 Å². The SMILES string of the molecule is O=C1c2ccccc2C2OC3=CC=CCC3C12. The molecule has 1 aromatic carbocycles. The predicted molar refractivity (Wildman–Crippen MR) is 63.4 cm³/mol. The van der Waals surface area contributed by atoms with Crippen molar-refractivity contribution in [3.8, 4) is 0 Å². The maximum atomic E-state index is 12.4. The molecule has 3 aliphatic rings. The molecule has 1 fully saturated rings. The van der Waals surface area contributed by atoms with Crippen molar-refractivity contribution in [1.82, 2.24) is 0 Å². The Morgan fingerprint density at radius 1 is 1.24 bits per heavy atom. The molecule has 3 atom stereocenters. The van der Waals surface area contributed by atoms with Crippen molar-refractivity contribution in [2.75, 3.05) is 0 Å². The van der Waals surface area contributed by atoms with Gasteiger partial charge in [0.2, 0.25) is 0 Å². The summed E-state index contributed by atoms with van der Waals surface area (Å²) < 4.78 is 5.98.